The molecule has 0 unspecified atom stereocenters. The number of halogens is 1. The molecular weight excluding hydrogens is 374 g/mol. The maximum absolute atomic E-state index is 12.7. The number of esters is 1. The van der Waals surface area contributed by atoms with Gasteiger partial charge in [0.25, 0.3) is 0 Å². The van der Waals surface area contributed by atoms with E-state index in [0.29, 0.717) is 28.9 Å². The minimum Gasteiger partial charge on any atom is -0.461 e. The minimum atomic E-state index is -0.438. The maximum Gasteiger partial charge on any atom is 0.357 e. The van der Waals surface area contributed by atoms with Crippen LogP contribution < -0.4 is 5.32 Å². The quantitative estimate of drug-likeness (QED) is 0.734. The minimum absolute atomic E-state index is 0.194. The van der Waals surface area contributed by atoms with Gasteiger partial charge >= 0.3 is 12.0 Å². The van der Waals surface area contributed by atoms with Gasteiger partial charge in [-0.3, -0.25) is 0 Å². The Morgan fingerprint density at radius 2 is 2.19 bits per heavy atom. The van der Waals surface area contributed by atoms with Gasteiger partial charge in [-0.05, 0) is 44.4 Å². The lowest BCUT2D eigenvalue weighted by molar-refractivity contribution is 0.0520. The summed E-state index contributed by atoms with van der Waals surface area (Å²) in [6, 6.07) is 5.44. The summed E-state index contributed by atoms with van der Waals surface area (Å²) in [5.41, 5.74) is 1.90. The monoisotopic (exact) mass is 393 g/mol. The topological polar surface area (TPSA) is 71.5 Å². The highest BCUT2D eigenvalue weighted by Gasteiger charge is 2.33. The Morgan fingerprint density at radius 3 is 2.85 bits per heavy atom. The van der Waals surface area contributed by atoms with Crippen LogP contribution in [0.25, 0.3) is 0 Å². The Hall–Kier alpha value is -2.12. The third kappa shape index (κ3) is 4.53. The van der Waals surface area contributed by atoms with Gasteiger partial charge in [-0.2, -0.15) is 0 Å². The summed E-state index contributed by atoms with van der Waals surface area (Å²) in [7, 11) is 0. The molecular formula is C18H20ClN3O3S. The number of amides is 2. The molecule has 1 heterocycles. The van der Waals surface area contributed by atoms with Gasteiger partial charge in [0, 0.05) is 22.1 Å². The molecule has 0 spiro atoms. The molecule has 8 heteroatoms. The zero-order valence-electron chi connectivity index (χ0n) is 14.6. The predicted octanol–water partition coefficient (Wildman–Crippen LogP) is 4.48. The van der Waals surface area contributed by atoms with Crippen LogP contribution in [0.1, 0.15) is 40.8 Å². The zero-order chi connectivity index (χ0) is 18.7. The molecule has 0 saturated heterocycles. The number of nitrogens with one attached hydrogen (secondary N) is 1. The Balaban J connectivity index is 1.68. The highest BCUT2D eigenvalue weighted by Crippen LogP contribution is 2.30. The highest BCUT2D eigenvalue weighted by atomic mass is 35.5. The van der Waals surface area contributed by atoms with Crippen molar-refractivity contribution in [3.63, 3.8) is 0 Å². The zero-order valence-corrected chi connectivity index (χ0v) is 16.2. The van der Waals surface area contributed by atoms with Crippen molar-refractivity contribution in [3.05, 3.63) is 44.9 Å². The summed E-state index contributed by atoms with van der Waals surface area (Å²) in [6.45, 7) is 4.33. The van der Waals surface area contributed by atoms with Crippen LogP contribution in [-0.4, -0.2) is 34.5 Å². The second kappa shape index (κ2) is 8.05. The summed E-state index contributed by atoms with van der Waals surface area (Å²) in [4.78, 5) is 30.5. The fourth-order valence-corrected chi connectivity index (χ4v) is 3.39. The average molecular weight is 394 g/mol. The van der Waals surface area contributed by atoms with Crippen LogP contribution in [0.15, 0.2) is 23.6 Å². The Morgan fingerprint density at radius 1 is 1.42 bits per heavy atom. The molecule has 0 aliphatic heterocycles. The lowest BCUT2D eigenvalue weighted by Crippen LogP contribution is -2.36. The van der Waals surface area contributed by atoms with Gasteiger partial charge in [-0.1, -0.05) is 17.7 Å². The van der Waals surface area contributed by atoms with Crippen LogP contribution in [0.4, 0.5) is 10.5 Å². The van der Waals surface area contributed by atoms with Crippen molar-refractivity contribution in [2.45, 2.75) is 39.3 Å². The number of nitrogens with zero attached hydrogens (tertiary/aromatic N) is 2. The molecule has 2 aromatic rings. The van der Waals surface area contributed by atoms with E-state index in [1.807, 2.05) is 19.1 Å². The second-order valence-electron chi connectivity index (χ2n) is 6.10. The molecule has 2 amide bonds. The summed E-state index contributed by atoms with van der Waals surface area (Å²) in [5.74, 6) is -0.438. The van der Waals surface area contributed by atoms with Crippen LogP contribution in [0, 0.1) is 6.92 Å². The molecule has 0 bridgehead atoms. The molecule has 1 N–H and O–H groups in total. The van der Waals surface area contributed by atoms with Crippen LogP contribution in [0.2, 0.25) is 5.02 Å². The van der Waals surface area contributed by atoms with E-state index in [1.54, 1.807) is 23.3 Å². The lowest BCUT2D eigenvalue weighted by Gasteiger charge is -2.22. The first-order valence-electron chi connectivity index (χ1n) is 8.43. The third-order valence-electron chi connectivity index (χ3n) is 4.01. The van der Waals surface area contributed by atoms with Crippen molar-refractivity contribution < 1.29 is 14.3 Å². The maximum atomic E-state index is 12.7. The number of benzene rings is 1. The number of carbonyl (C=O) groups excluding carboxylic acids is 2. The number of aromatic nitrogens is 1. The molecule has 138 valence electrons. The lowest BCUT2D eigenvalue weighted by atomic mass is 10.2. The third-order valence-corrected chi connectivity index (χ3v) is 5.25. The number of urea groups is 1. The van der Waals surface area contributed by atoms with Gasteiger partial charge < -0.3 is 15.0 Å². The van der Waals surface area contributed by atoms with Gasteiger partial charge in [-0.25, -0.2) is 14.6 Å². The van der Waals surface area contributed by atoms with Crippen LogP contribution in [0.3, 0.4) is 0 Å². The van der Waals surface area contributed by atoms with E-state index in [9.17, 15) is 9.59 Å². The first kappa shape index (κ1) is 18.7. The number of rotatable bonds is 6. The van der Waals surface area contributed by atoms with E-state index in [0.717, 1.165) is 18.4 Å². The van der Waals surface area contributed by atoms with Crippen molar-refractivity contribution in [3.8, 4) is 0 Å². The normalized spacial score (nSPS) is 13.3. The number of anilines is 1. The smallest absolute Gasteiger partial charge is 0.357 e. The molecule has 1 aliphatic carbocycles. The van der Waals surface area contributed by atoms with E-state index in [-0.39, 0.29) is 17.8 Å². The number of ether oxygens (including phenoxy) is 1. The predicted molar refractivity (Wildman–Crippen MR) is 102 cm³/mol. The molecule has 1 saturated carbocycles. The van der Waals surface area contributed by atoms with Crippen molar-refractivity contribution in [1.29, 1.82) is 0 Å². The van der Waals surface area contributed by atoms with Gasteiger partial charge in [0.05, 0.1) is 13.2 Å². The molecule has 0 radical (unpaired) electrons. The average Bonchev–Trinajstić information content (AvgIpc) is 3.33. The van der Waals surface area contributed by atoms with E-state index in [4.69, 9.17) is 16.3 Å². The Bertz CT molecular complexity index is 820. The van der Waals surface area contributed by atoms with Crippen LogP contribution in [0.5, 0.6) is 0 Å². The standard InChI is InChI=1S/C18H20ClN3O3S/c1-3-25-17(23)15-10-26-16(21-15)9-22(13-6-7-13)18(24)20-12-5-4-11(2)14(19)8-12/h4-5,8,10,13H,3,6-7,9H2,1-2H3,(H,20,24). The number of thiazole rings is 1. The fourth-order valence-electron chi connectivity index (χ4n) is 2.45. The molecule has 3 rings (SSSR count). The number of hydrogen-bond acceptors (Lipinski definition) is 5. The van der Waals surface area contributed by atoms with Crippen molar-refractivity contribution in [2.75, 3.05) is 11.9 Å². The molecule has 26 heavy (non-hydrogen) atoms. The SMILES string of the molecule is CCOC(=O)c1csc(CN(C(=O)Nc2ccc(C)c(Cl)c2)C2CC2)n1. The number of carbonyl (C=O) groups is 2. The van der Waals surface area contributed by atoms with E-state index < -0.39 is 5.97 Å². The molecule has 0 atom stereocenters. The van der Waals surface area contributed by atoms with Gasteiger partial charge in [0.2, 0.25) is 0 Å². The first-order valence-corrected chi connectivity index (χ1v) is 9.69. The molecule has 1 fully saturated rings. The van der Waals surface area contributed by atoms with E-state index in [1.165, 1.54) is 11.3 Å². The fraction of sp³-hybridized carbons (Fsp3) is 0.389. The number of hydrogen-bond donors (Lipinski definition) is 1. The molecule has 6 nitrogen and oxygen atoms in total. The first-order chi connectivity index (χ1) is 12.5. The van der Waals surface area contributed by atoms with Crippen LogP contribution >= 0.6 is 22.9 Å². The summed E-state index contributed by atoms with van der Waals surface area (Å²) in [6.07, 6.45) is 1.94. The summed E-state index contributed by atoms with van der Waals surface area (Å²) >= 11 is 7.47. The summed E-state index contributed by atoms with van der Waals surface area (Å²) in [5, 5.41) is 5.87. The van der Waals surface area contributed by atoms with Crippen molar-refractivity contribution >= 4 is 40.6 Å². The Kier molecular flexibility index (Phi) is 5.78. The van der Waals surface area contributed by atoms with E-state index >= 15 is 0 Å². The summed E-state index contributed by atoms with van der Waals surface area (Å²) < 4.78 is 4.95. The number of aryl methyl sites for hydroxylation is 1. The second-order valence-corrected chi connectivity index (χ2v) is 7.45. The molecule has 1 aromatic carbocycles. The highest BCUT2D eigenvalue weighted by molar-refractivity contribution is 7.09. The van der Waals surface area contributed by atoms with Crippen LogP contribution in [-0.2, 0) is 11.3 Å². The van der Waals surface area contributed by atoms with E-state index in [2.05, 4.69) is 10.3 Å². The van der Waals surface area contributed by atoms with Gasteiger partial charge in [0.15, 0.2) is 5.69 Å². The van der Waals surface area contributed by atoms with Gasteiger partial charge in [-0.15, -0.1) is 11.3 Å². The Labute approximate surface area is 161 Å². The van der Waals surface area contributed by atoms with Crippen molar-refractivity contribution in [1.82, 2.24) is 9.88 Å². The van der Waals surface area contributed by atoms with Gasteiger partial charge in [0.1, 0.15) is 5.01 Å². The molecule has 1 aliphatic rings. The molecule has 1 aromatic heterocycles. The largest absolute Gasteiger partial charge is 0.461 e. The van der Waals surface area contributed by atoms with Crippen molar-refractivity contribution in [2.24, 2.45) is 0 Å².